The molecule has 0 N–H and O–H groups in total. The molecule has 2 aliphatic heterocycles. The van der Waals surface area contributed by atoms with Crippen LogP contribution >= 0.6 is 0 Å². The lowest BCUT2D eigenvalue weighted by Gasteiger charge is -2.36. The van der Waals surface area contributed by atoms with E-state index in [-0.39, 0.29) is 11.7 Å². The van der Waals surface area contributed by atoms with E-state index in [0.717, 1.165) is 25.2 Å². The molecule has 29 heavy (non-hydrogen) atoms. The second-order valence-electron chi connectivity index (χ2n) is 8.12. The Hall–Kier alpha value is -2.70. The van der Waals surface area contributed by atoms with E-state index in [1.54, 1.807) is 12.1 Å². The lowest BCUT2D eigenvalue weighted by Crippen LogP contribution is -2.47. The number of aromatic nitrogens is 2. The highest BCUT2D eigenvalue weighted by Gasteiger charge is 2.26. The van der Waals surface area contributed by atoms with Crippen molar-refractivity contribution in [3.63, 3.8) is 0 Å². The Bertz CT molecular complexity index is 881. The van der Waals surface area contributed by atoms with Crippen LogP contribution in [0.15, 0.2) is 30.3 Å². The minimum atomic E-state index is -0.198. The molecule has 1 aromatic heterocycles. The summed E-state index contributed by atoms with van der Waals surface area (Å²) in [7, 11) is 0. The first-order valence-corrected chi connectivity index (χ1v) is 10.4. The number of carbonyl (C=O) groups is 1. The van der Waals surface area contributed by atoms with Crippen LogP contribution in [0.1, 0.15) is 35.9 Å². The van der Waals surface area contributed by atoms with Crippen molar-refractivity contribution in [3.8, 4) is 0 Å². The quantitative estimate of drug-likeness (QED) is 0.797. The molecule has 6 nitrogen and oxygen atoms in total. The van der Waals surface area contributed by atoms with Gasteiger partial charge in [-0.05, 0) is 43.9 Å². The highest BCUT2D eigenvalue weighted by Crippen LogP contribution is 2.22. The molecule has 0 saturated carbocycles. The van der Waals surface area contributed by atoms with Crippen LogP contribution in [0, 0.1) is 18.7 Å². The van der Waals surface area contributed by atoms with Crippen molar-refractivity contribution in [1.82, 2.24) is 14.9 Å². The number of likely N-dealkylation sites (tertiary alicyclic amines) is 1. The van der Waals surface area contributed by atoms with Gasteiger partial charge in [-0.2, -0.15) is 0 Å². The summed E-state index contributed by atoms with van der Waals surface area (Å²) < 4.78 is 14.1. The van der Waals surface area contributed by atoms with Crippen molar-refractivity contribution in [2.24, 2.45) is 5.92 Å². The van der Waals surface area contributed by atoms with Crippen LogP contribution in [0.25, 0.3) is 0 Å². The fourth-order valence-corrected chi connectivity index (χ4v) is 4.20. The predicted octanol–water partition coefficient (Wildman–Crippen LogP) is 3.12. The Kier molecular flexibility index (Phi) is 5.65. The fourth-order valence-electron chi connectivity index (χ4n) is 4.20. The normalized spacial score (nSPS) is 20.1. The summed E-state index contributed by atoms with van der Waals surface area (Å²) in [5.41, 5.74) is 1.89. The zero-order chi connectivity index (χ0) is 20.4. The van der Waals surface area contributed by atoms with Gasteiger partial charge in [0.15, 0.2) is 0 Å². The van der Waals surface area contributed by atoms with Gasteiger partial charge >= 0.3 is 0 Å². The molecule has 2 aliphatic rings. The summed E-state index contributed by atoms with van der Waals surface area (Å²) >= 11 is 0. The maximum absolute atomic E-state index is 14.1. The highest BCUT2D eigenvalue weighted by molar-refractivity contribution is 5.92. The van der Waals surface area contributed by atoms with E-state index in [9.17, 15) is 9.18 Å². The number of rotatable bonds is 3. The van der Waals surface area contributed by atoms with Gasteiger partial charge in [0, 0.05) is 45.0 Å². The third kappa shape index (κ3) is 4.33. The number of nitrogens with zero attached hydrogens (tertiary/aromatic N) is 5. The summed E-state index contributed by atoms with van der Waals surface area (Å²) in [6, 6.07) is 8.64. The van der Waals surface area contributed by atoms with Gasteiger partial charge in [0.1, 0.15) is 11.5 Å². The van der Waals surface area contributed by atoms with Gasteiger partial charge in [-0.25, -0.2) is 14.4 Å². The molecule has 1 atom stereocenters. The Morgan fingerprint density at radius 2 is 1.79 bits per heavy atom. The van der Waals surface area contributed by atoms with Gasteiger partial charge in [0.25, 0.3) is 5.91 Å². The number of piperazine rings is 1. The number of anilines is 2. The Labute approximate surface area is 171 Å². The van der Waals surface area contributed by atoms with E-state index in [2.05, 4.69) is 21.8 Å². The standard InChI is InChI=1S/C22H28FN5O/c1-16-6-5-9-28(15-16)21(29)19-14-17(2)24-22(25-19)27-12-10-26(11-13-27)20-8-4-3-7-18(20)23/h3-4,7-8,14,16H,5-6,9-13,15H2,1-2H3. The SMILES string of the molecule is Cc1cc(C(=O)N2CCCC(C)C2)nc(N2CCN(c3ccccc3F)CC2)n1. The molecule has 1 unspecified atom stereocenters. The molecule has 1 aromatic carbocycles. The Morgan fingerprint density at radius 1 is 1.07 bits per heavy atom. The minimum absolute atomic E-state index is 0.00621. The number of para-hydroxylation sites is 1. The third-order valence-electron chi connectivity index (χ3n) is 5.76. The summed E-state index contributed by atoms with van der Waals surface area (Å²) in [6.07, 6.45) is 2.21. The largest absolute Gasteiger partial charge is 0.366 e. The van der Waals surface area contributed by atoms with E-state index in [4.69, 9.17) is 0 Å². The number of benzene rings is 1. The summed E-state index contributed by atoms with van der Waals surface area (Å²) in [5, 5.41) is 0. The van der Waals surface area contributed by atoms with Gasteiger partial charge in [0.05, 0.1) is 5.69 Å². The van der Waals surface area contributed by atoms with E-state index in [0.29, 0.717) is 49.4 Å². The molecular weight excluding hydrogens is 369 g/mol. The van der Waals surface area contributed by atoms with Gasteiger partial charge in [0.2, 0.25) is 5.95 Å². The zero-order valence-electron chi connectivity index (χ0n) is 17.1. The monoisotopic (exact) mass is 397 g/mol. The molecule has 4 rings (SSSR count). The third-order valence-corrected chi connectivity index (χ3v) is 5.76. The van der Waals surface area contributed by atoms with Gasteiger partial charge < -0.3 is 14.7 Å². The molecule has 2 fully saturated rings. The van der Waals surface area contributed by atoms with Crippen LogP contribution < -0.4 is 9.80 Å². The van der Waals surface area contributed by atoms with Gasteiger partial charge in [-0.15, -0.1) is 0 Å². The van der Waals surface area contributed by atoms with E-state index in [1.165, 1.54) is 12.5 Å². The summed E-state index contributed by atoms with van der Waals surface area (Å²) in [4.78, 5) is 28.2. The average Bonchev–Trinajstić information content (AvgIpc) is 2.73. The van der Waals surface area contributed by atoms with Crippen LogP contribution in [-0.4, -0.2) is 60.0 Å². The Balaban J connectivity index is 1.47. The first-order valence-electron chi connectivity index (χ1n) is 10.4. The van der Waals surface area contributed by atoms with E-state index < -0.39 is 0 Å². The van der Waals surface area contributed by atoms with Crippen LogP contribution in [0.4, 0.5) is 16.0 Å². The van der Waals surface area contributed by atoms with Crippen molar-refractivity contribution < 1.29 is 9.18 Å². The number of hydrogen-bond acceptors (Lipinski definition) is 5. The number of hydrogen-bond donors (Lipinski definition) is 0. The molecule has 154 valence electrons. The number of halogens is 1. The smallest absolute Gasteiger partial charge is 0.272 e. The van der Waals surface area contributed by atoms with E-state index >= 15 is 0 Å². The van der Waals surface area contributed by atoms with Crippen LogP contribution in [0.3, 0.4) is 0 Å². The molecule has 2 saturated heterocycles. The van der Waals surface area contributed by atoms with Crippen LogP contribution in [0.5, 0.6) is 0 Å². The van der Waals surface area contributed by atoms with Crippen LogP contribution in [0.2, 0.25) is 0 Å². The van der Waals surface area contributed by atoms with Gasteiger partial charge in [-0.3, -0.25) is 4.79 Å². The second-order valence-corrected chi connectivity index (χ2v) is 8.12. The molecular formula is C22H28FN5O. The van der Waals surface area contributed by atoms with E-state index in [1.807, 2.05) is 28.9 Å². The molecule has 0 aliphatic carbocycles. The number of amides is 1. The van der Waals surface area contributed by atoms with Crippen molar-refractivity contribution in [2.45, 2.75) is 26.7 Å². The molecule has 0 bridgehead atoms. The summed E-state index contributed by atoms with van der Waals surface area (Å²) in [5.74, 6) is 0.915. The average molecular weight is 397 g/mol. The first-order chi connectivity index (χ1) is 14.0. The lowest BCUT2D eigenvalue weighted by atomic mass is 10.00. The van der Waals surface area contributed by atoms with Crippen molar-refractivity contribution >= 4 is 17.5 Å². The van der Waals surface area contributed by atoms with Crippen molar-refractivity contribution in [2.75, 3.05) is 49.1 Å². The predicted molar refractivity (Wildman–Crippen MR) is 112 cm³/mol. The minimum Gasteiger partial charge on any atom is -0.366 e. The van der Waals surface area contributed by atoms with Crippen LogP contribution in [-0.2, 0) is 0 Å². The number of carbonyl (C=O) groups excluding carboxylic acids is 1. The maximum atomic E-state index is 14.1. The van der Waals surface area contributed by atoms with Gasteiger partial charge in [-0.1, -0.05) is 19.1 Å². The second kappa shape index (κ2) is 8.35. The molecule has 1 amide bonds. The molecule has 2 aromatic rings. The molecule has 3 heterocycles. The molecule has 0 spiro atoms. The number of piperidine rings is 1. The maximum Gasteiger partial charge on any atom is 0.272 e. The zero-order valence-corrected chi connectivity index (χ0v) is 17.1. The highest BCUT2D eigenvalue weighted by atomic mass is 19.1. The molecule has 7 heteroatoms. The van der Waals surface area contributed by atoms with Crippen molar-refractivity contribution in [3.05, 3.63) is 47.5 Å². The Morgan fingerprint density at radius 3 is 2.52 bits per heavy atom. The topological polar surface area (TPSA) is 52.6 Å². The fraction of sp³-hybridized carbons (Fsp3) is 0.500. The van der Waals surface area contributed by atoms with Crippen molar-refractivity contribution in [1.29, 1.82) is 0 Å². The lowest BCUT2D eigenvalue weighted by molar-refractivity contribution is 0.0677. The summed E-state index contributed by atoms with van der Waals surface area (Å²) in [6.45, 7) is 8.41. The first kappa shape index (κ1) is 19.6. The molecule has 0 radical (unpaired) electrons. The number of aryl methyl sites for hydroxylation is 1.